The smallest absolute Gasteiger partial charge is 0.410 e. The van der Waals surface area contributed by atoms with E-state index in [-0.39, 0.29) is 11.5 Å². The van der Waals surface area contributed by atoms with Crippen LogP contribution in [0.2, 0.25) is 0 Å². The van der Waals surface area contributed by atoms with Crippen LogP contribution >= 0.6 is 0 Å². The number of rotatable bonds is 5. The summed E-state index contributed by atoms with van der Waals surface area (Å²) in [5.74, 6) is -1.55. The van der Waals surface area contributed by atoms with Crippen molar-refractivity contribution in [3.05, 3.63) is 35.9 Å². The largest absolute Gasteiger partial charge is 0.480 e. The molecule has 1 N–H and O–H groups in total. The quantitative estimate of drug-likeness (QED) is 0.903. The molecule has 8 heteroatoms. The highest BCUT2D eigenvalue weighted by Gasteiger charge is 2.34. The third-order valence-electron chi connectivity index (χ3n) is 2.16. The van der Waals surface area contributed by atoms with Gasteiger partial charge in [-0.15, -0.1) is 0 Å². The number of ether oxygens (including phenoxy) is 1. The van der Waals surface area contributed by atoms with Crippen LogP contribution in [0.1, 0.15) is 5.56 Å². The number of amides is 1. The molecule has 1 aromatic carbocycles. The van der Waals surface area contributed by atoms with Gasteiger partial charge in [-0.2, -0.15) is 13.2 Å². The number of hydrogen-bond donors (Lipinski definition) is 1. The van der Waals surface area contributed by atoms with Gasteiger partial charge in [0, 0.05) is 0 Å². The van der Waals surface area contributed by atoms with Gasteiger partial charge in [-0.3, -0.25) is 9.69 Å². The van der Waals surface area contributed by atoms with Crippen LogP contribution in [0.25, 0.3) is 0 Å². The monoisotopic (exact) mass is 291 g/mol. The zero-order chi connectivity index (χ0) is 15.2. The first-order chi connectivity index (χ1) is 9.28. The third kappa shape index (κ3) is 6.07. The van der Waals surface area contributed by atoms with Crippen molar-refractivity contribution in [1.29, 1.82) is 0 Å². The predicted molar refractivity (Wildman–Crippen MR) is 61.9 cm³/mol. The summed E-state index contributed by atoms with van der Waals surface area (Å²) in [6.07, 6.45) is -6.02. The molecular weight excluding hydrogens is 279 g/mol. The molecule has 0 aromatic heterocycles. The summed E-state index contributed by atoms with van der Waals surface area (Å²) in [6, 6.07) is 8.32. The van der Waals surface area contributed by atoms with E-state index in [9.17, 15) is 22.8 Å². The van der Waals surface area contributed by atoms with Gasteiger partial charge in [0.05, 0.1) is 0 Å². The molecule has 0 aliphatic heterocycles. The van der Waals surface area contributed by atoms with Gasteiger partial charge >= 0.3 is 18.2 Å². The van der Waals surface area contributed by atoms with Crippen molar-refractivity contribution < 1.29 is 32.6 Å². The van der Waals surface area contributed by atoms with Crippen molar-refractivity contribution in [3.63, 3.8) is 0 Å². The molecule has 0 aliphatic rings. The van der Waals surface area contributed by atoms with Crippen LogP contribution in [-0.2, 0) is 16.1 Å². The van der Waals surface area contributed by atoms with Gasteiger partial charge in [0.15, 0.2) is 0 Å². The lowest BCUT2D eigenvalue weighted by Crippen LogP contribution is -2.42. The van der Waals surface area contributed by atoms with Crippen LogP contribution in [0.3, 0.4) is 0 Å². The van der Waals surface area contributed by atoms with E-state index in [0.29, 0.717) is 5.56 Å². The minimum atomic E-state index is -4.69. The normalized spacial score (nSPS) is 10.9. The summed E-state index contributed by atoms with van der Waals surface area (Å²) in [5.41, 5.74) is 0.586. The van der Waals surface area contributed by atoms with E-state index in [1.54, 1.807) is 30.3 Å². The summed E-state index contributed by atoms with van der Waals surface area (Å²) >= 11 is 0. The fraction of sp³-hybridized carbons (Fsp3) is 0.333. The molecule has 5 nitrogen and oxygen atoms in total. The second-order valence-electron chi connectivity index (χ2n) is 3.91. The average Bonchev–Trinajstić information content (AvgIpc) is 2.34. The van der Waals surface area contributed by atoms with Gasteiger partial charge in [0.2, 0.25) is 0 Å². The first-order valence-corrected chi connectivity index (χ1v) is 5.52. The number of halogens is 3. The van der Waals surface area contributed by atoms with Crippen molar-refractivity contribution in [3.8, 4) is 0 Å². The molecule has 0 spiro atoms. The molecular formula is C12H12F3NO4. The number of nitrogens with zero attached hydrogens (tertiary/aromatic N) is 1. The lowest BCUT2D eigenvalue weighted by molar-refractivity contribution is -0.151. The first kappa shape index (κ1) is 15.8. The SMILES string of the molecule is O=C(O)CN(CC(F)(F)F)C(=O)OCc1ccccc1. The highest BCUT2D eigenvalue weighted by molar-refractivity contribution is 5.76. The van der Waals surface area contributed by atoms with Gasteiger partial charge < -0.3 is 9.84 Å². The molecule has 0 saturated carbocycles. The van der Waals surface area contributed by atoms with Gasteiger partial charge in [-0.05, 0) is 5.56 Å². The van der Waals surface area contributed by atoms with Crippen molar-refractivity contribution >= 4 is 12.1 Å². The molecule has 0 heterocycles. The van der Waals surface area contributed by atoms with Crippen molar-refractivity contribution in [1.82, 2.24) is 4.90 Å². The number of carboxylic acids is 1. The molecule has 0 saturated heterocycles. The zero-order valence-electron chi connectivity index (χ0n) is 10.3. The number of carboxylic acid groups (broad SMARTS) is 1. The fourth-order valence-electron chi connectivity index (χ4n) is 1.38. The summed E-state index contributed by atoms with van der Waals surface area (Å²) in [5, 5.41) is 8.50. The Morgan fingerprint density at radius 3 is 2.30 bits per heavy atom. The molecule has 110 valence electrons. The number of alkyl halides is 3. The summed E-state index contributed by atoms with van der Waals surface area (Å²) in [4.78, 5) is 22.0. The zero-order valence-corrected chi connectivity index (χ0v) is 10.3. The van der Waals surface area contributed by atoms with E-state index in [1.165, 1.54) is 0 Å². The maximum atomic E-state index is 12.2. The maximum absolute atomic E-state index is 12.2. The van der Waals surface area contributed by atoms with Crippen molar-refractivity contribution in [2.24, 2.45) is 0 Å². The topological polar surface area (TPSA) is 66.8 Å². The van der Waals surface area contributed by atoms with E-state index >= 15 is 0 Å². The Bertz CT molecular complexity index is 462. The molecule has 1 rings (SSSR count). The Labute approximate surface area is 112 Å². The minimum absolute atomic E-state index is 0.0886. The molecule has 0 aliphatic carbocycles. The minimum Gasteiger partial charge on any atom is -0.480 e. The van der Waals surface area contributed by atoms with Crippen LogP contribution < -0.4 is 0 Å². The summed E-state index contributed by atoms with van der Waals surface area (Å²) in [7, 11) is 0. The van der Waals surface area contributed by atoms with Crippen molar-refractivity contribution in [2.45, 2.75) is 12.8 Å². The molecule has 1 amide bonds. The standard InChI is InChI=1S/C12H12F3NO4/c13-12(14,15)8-16(6-10(17)18)11(19)20-7-9-4-2-1-3-5-9/h1-5H,6-8H2,(H,17,18). The summed E-state index contributed by atoms with van der Waals surface area (Å²) in [6.45, 7) is -2.98. The van der Waals surface area contributed by atoms with Crippen LogP contribution in [0, 0.1) is 0 Å². The third-order valence-corrected chi connectivity index (χ3v) is 2.16. The molecule has 1 aromatic rings. The van der Waals surface area contributed by atoms with Crippen molar-refractivity contribution in [2.75, 3.05) is 13.1 Å². The Kier molecular flexibility index (Phi) is 5.36. The van der Waals surface area contributed by atoms with E-state index in [4.69, 9.17) is 5.11 Å². The number of aliphatic carboxylic acids is 1. The van der Waals surface area contributed by atoms with E-state index in [0.717, 1.165) is 0 Å². The van der Waals surface area contributed by atoms with Crippen LogP contribution in [0.4, 0.5) is 18.0 Å². The summed E-state index contributed by atoms with van der Waals surface area (Å²) < 4.78 is 41.4. The number of benzene rings is 1. The number of carbonyl (C=O) groups is 2. The lowest BCUT2D eigenvalue weighted by Gasteiger charge is -2.21. The van der Waals surface area contributed by atoms with Gasteiger partial charge in [-0.1, -0.05) is 30.3 Å². The maximum Gasteiger partial charge on any atom is 0.410 e. The fourth-order valence-corrected chi connectivity index (χ4v) is 1.38. The Hall–Kier alpha value is -2.25. The highest BCUT2D eigenvalue weighted by atomic mass is 19.4. The van der Waals surface area contributed by atoms with Gasteiger partial charge in [-0.25, -0.2) is 4.79 Å². The van der Waals surface area contributed by atoms with E-state index < -0.39 is 31.3 Å². The molecule has 0 atom stereocenters. The van der Waals surface area contributed by atoms with Gasteiger partial charge in [0.1, 0.15) is 19.7 Å². The molecule has 0 fully saturated rings. The van der Waals surface area contributed by atoms with Crippen LogP contribution in [-0.4, -0.2) is 41.3 Å². The van der Waals surface area contributed by atoms with Crippen LogP contribution in [0.5, 0.6) is 0 Å². The molecule has 0 unspecified atom stereocenters. The lowest BCUT2D eigenvalue weighted by atomic mass is 10.2. The number of hydrogen-bond acceptors (Lipinski definition) is 3. The van der Waals surface area contributed by atoms with E-state index in [2.05, 4.69) is 4.74 Å². The van der Waals surface area contributed by atoms with Crippen LogP contribution in [0.15, 0.2) is 30.3 Å². The molecule has 0 radical (unpaired) electrons. The Morgan fingerprint density at radius 2 is 1.80 bits per heavy atom. The highest BCUT2D eigenvalue weighted by Crippen LogP contribution is 2.17. The second kappa shape index (κ2) is 6.78. The second-order valence-corrected chi connectivity index (χ2v) is 3.91. The van der Waals surface area contributed by atoms with E-state index in [1.807, 2.05) is 0 Å². The molecule has 0 bridgehead atoms. The van der Waals surface area contributed by atoms with Gasteiger partial charge in [0.25, 0.3) is 0 Å². The molecule has 20 heavy (non-hydrogen) atoms. The number of carbonyl (C=O) groups excluding carboxylic acids is 1. The predicted octanol–water partition coefficient (Wildman–Crippen LogP) is 2.27. The average molecular weight is 291 g/mol. The first-order valence-electron chi connectivity index (χ1n) is 5.52. The Morgan fingerprint density at radius 1 is 1.20 bits per heavy atom. The Balaban J connectivity index is 2.61.